The molecule has 1 aromatic carbocycles. The summed E-state index contributed by atoms with van der Waals surface area (Å²) in [5.74, 6) is 0. The van der Waals surface area contributed by atoms with Gasteiger partial charge in [-0.25, -0.2) is 0 Å². The van der Waals surface area contributed by atoms with Gasteiger partial charge in [0.25, 0.3) is 0 Å². The second-order valence-electron chi connectivity index (χ2n) is 4.18. The fourth-order valence-corrected chi connectivity index (χ4v) is 6.36. The zero-order valence-corrected chi connectivity index (χ0v) is 13.0. The van der Waals surface area contributed by atoms with E-state index < -0.39 is 20.2 Å². The molecule has 0 heterocycles. The van der Waals surface area contributed by atoms with Crippen LogP contribution in [0.3, 0.4) is 0 Å². The van der Waals surface area contributed by atoms with Crippen molar-refractivity contribution in [2.45, 2.75) is 3.92 Å². The summed E-state index contributed by atoms with van der Waals surface area (Å²) < 4.78 is 8.53. The Morgan fingerprint density at radius 2 is 1.95 bits per heavy atom. The molecule has 0 radical (unpaired) electrons. The van der Waals surface area contributed by atoms with Gasteiger partial charge in [0.2, 0.25) is 0 Å². The van der Waals surface area contributed by atoms with Gasteiger partial charge in [-0.15, -0.1) is 0 Å². The molecule has 0 aliphatic heterocycles. The maximum atomic E-state index is 10.6. The molecule has 1 aliphatic rings. The van der Waals surface area contributed by atoms with Crippen LogP contribution >= 0.6 is 20.2 Å². The van der Waals surface area contributed by atoms with Gasteiger partial charge >= 0.3 is 120 Å². The van der Waals surface area contributed by atoms with E-state index in [1.165, 1.54) is 0 Å². The second-order valence-corrected chi connectivity index (χ2v) is 8.73. The number of hydrogen-bond acceptors (Lipinski definition) is 3. The third-order valence-corrected chi connectivity index (χ3v) is 7.53. The van der Waals surface area contributed by atoms with Crippen LogP contribution in [0.4, 0.5) is 0 Å². The molecule has 100 valence electrons. The normalized spacial score (nSPS) is 18.1. The van der Waals surface area contributed by atoms with E-state index >= 15 is 0 Å². The van der Waals surface area contributed by atoms with Gasteiger partial charge in [0, 0.05) is 0 Å². The van der Waals surface area contributed by atoms with E-state index in [0.717, 1.165) is 9.28 Å². The maximum absolute atomic E-state index is 10.6. The molecule has 1 aliphatic carbocycles. The van der Waals surface area contributed by atoms with Crippen molar-refractivity contribution in [2.24, 2.45) is 5.34 Å². The van der Waals surface area contributed by atoms with Crippen LogP contribution in [0, 0.1) is 8.48 Å². The first kappa shape index (κ1) is 13.9. The van der Waals surface area contributed by atoms with Crippen LogP contribution in [0.5, 0.6) is 0 Å². The van der Waals surface area contributed by atoms with Crippen molar-refractivity contribution < 1.29 is 7.74 Å². The summed E-state index contributed by atoms with van der Waals surface area (Å²) in [7, 11) is 4.00. The van der Waals surface area contributed by atoms with Gasteiger partial charge in [-0.2, -0.15) is 0 Å². The number of benzene rings is 1. The molecule has 0 saturated heterocycles. The van der Waals surface area contributed by atoms with E-state index in [-0.39, 0.29) is 3.92 Å². The molecular formula is C14H16IN2O2+. The Bertz CT molecular complexity index is 534. The minimum absolute atomic E-state index is 0.129. The SMILES string of the molecule is C[N+](C)=C1C=CC=CC1I(ON=O)c1ccccc1. The van der Waals surface area contributed by atoms with Crippen molar-refractivity contribution in [3.63, 3.8) is 0 Å². The molecule has 1 atom stereocenters. The van der Waals surface area contributed by atoms with Crippen molar-refractivity contribution in [2.75, 3.05) is 14.1 Å². The van der Waals surface area contributed by atoms with Crippen LogP contribution < -0.4 is 0 Å². The molecule has 0 spiro atoms. The molecule has 0 bridgehead atoms. The molecular weight excluding hydrogens is 355 g/mol. The van der Waals surface area contributed by atoms with Gasteiger partial charge in [0.15, 0.2) is 0 Å². The molecule has 5 heteroatoms. The Hall–Kier alpha value is -1.50. The molecule has 0 saturated carbocycles. The molecule has 2 rings (SSSR count). The minimum atomic E-state index is -2.19. The third kappa shape index (κ3) is 3.28. The van der Waals surface area contributed by atoms with E-state index in [1.54, 1.807) is 0 Å². The number of halogens is 1. The van der Waals surface area contributed by atoms with Crippen LogP contribution in [0.1, 0.15) is 0 Å². The monoisotopic (exact) mass is 371 g/mol. The fraction of sp³-hybridized carbons (Fsp3) is 0.214. The molecule has 4 nitrogen and oxygen atoms in total. The molecule has 0 amide bonds. The molecule has 0 aromatic heterocycles. The van der Waals surface area contributed by atoms with E-state index in [2.05, 4.69) is 22.1 Å². The average Bonchev–Trinajstić information content (AvgIpc) is 2.45. The summed E-state index contributed by atoms with van der Waals surface area (Å²) in [5, 5.41) is 2.71. The van der Waals surface area contributed by atoms with Gasteiger partial charge in [-0.1, -0.05) is 0 Å². The van der Waals surface area contributed by atoms with Gasteiger partial charge in [0.05, 0.1) is 0 Å². The Balaban J connectivity index is 2.39. The van der Waals surface area contributed by atoms with Crippen LogP contribution in [-0.4, -0.2) is 28.3 Å². The average molecular weight is 371 g/mol. The van der Waals surface area contributed by atoms with Crippen molar-refractivity contribution in [3.8, 4) is 0 Å². The summed E-state index contributed by atoms with van der Waals surface area (Å²) in [4.78, 5) is 10.6. The number of alkyl halides is 1. The van der Waals surface area contributed by atoms with Gasteiger partial charge in [-0.3, -0.25) is 0 Å². The Morgan fingerprint density at radius 3 is 2.58 bits per heavy atom. The zero-order valence-electron chi connectivity index (χ0n) is 10.9. The molecule has 19 heavy (non-hydrogen) atoms. The van der Waals surface area contributed by atoms with E-state index in [4.69, 9.17) is 3.17 Å². The Kier molecular flexibility index (Phi) is 4.84. The summed E-state index contributed by atoms with van der Waals surface area (Å²) in [5.41, 5.74) is 1.15. The van der Waals surface area contributed by atoms with Gasteiger partial charge < -0.3 is 0 Å². The fourth-order valence-electron chi connectivity index (χ4n) is 1.86. The summed E-state index contributed by atoms with van der Waals surface area (Å²) in [6.45, 7) is 0. The van der Waals surface area contributed by atoms with E-state index in [0.29, 0.717) is 0 Å². The number of rotatable bonds is 4. The Morgan fingerprint density at radius 1 is 1.21 bits per heavy atom. The Labute approximate surface area is 120 Å². The molecule has 0 N–H and O–H groups in total. The number of hydrogen-bond donors (Lipinski definition) is 0. The van der Waals surface area contributed by atoms with Crippen molar-refractivity contribution in [3.05, 3.63) is 63.1 Å². The standard InChI is InChI=1S/C14H16IN2O2/c1-17(2)14-11-7-6-10-13(14)15(19-16-18)12-8-4-3-5-9-12/h3-11,13H,1-2H3/q+1. The predicted octanol–water partition coefficient (Wildman–Crippen LogP) is 3.18. The second kappa shape index (κ2) is 6.60. The zero-order chi connectivity index (χ0) is 13.7. The summed E-state index contributed by atoms with van der Waals surface area (Å²) in [6.07, 6.45) is 8.16. The number of nitrogens with zero attached hydrogens (tertiary/aromatic N) is 2. The van der Waals surface area contributed by atoms with Crippen molar-refractivity contribution >= 4 is 25.9 Å². The molecule has 0 fully saturated rings. The molecule has 1 unspecified atom stereocenters. The first-order valence-electron chi connectivity index (χ1n) is 5.87. The van der Waals surface area contributed by atoms with Crippen LogP contribution in [0.25, 0.3) is 0 Å². The summed E-state index contributed by atoms with van der Waals surface area (Å²) in [6, 6.07) is 9.90. The van der Waals surface area contributed by atoms with Gasteiger partial charge in [-0.05, 0) is 0 Å². The topological polar surface area (TPSA) is 41.7 Å². The third-order valence-electron chi connectivity index (χ3n) is 2.72. The van der Waals surface area contributed by atoms with Crippen LogP contribution in [0.2, 0.25) is 0 Å². The number of allylic oxidation sites excluding steroid dienone is 4. The van der Waals surface area contributed by atoms with Crippen molar-refractivity contribution in [1.29, 1.82) is 0 Å². The predicted molar refractivity (Wildman–Crippen MR) is 85.2 cm³/mol. The van der Waals surface area contributed by atoms with Crippen LogP contribution in [0.15, 0.2) is 60.0 Å². The van der Waals surface area contributed by atoms with E-state index in [1.807, 2.05) is 56.6 Å². The van der Waals surface area contributed by atoms with Crippen LogP contribution in [-0.2, 0) is 3.17 Å². The van der Waals surface area contributed by atoms with Gasteiger partial charge in [0.1, 0.15) is 0 Å². The van der Waals surface area contributed by atoms with E-state index in [9.17, 15) is 4.91 Å². The van der Waals surface area contributed by atoms with Crippen molar-refractivity contribution in [1.82, 2.24) is 0 Å². The molecule has 1 aromatic rings. The first-order valence-corrected chi connectivity index (χ1v) is 9.07. The summed E-state index contributed by atoms with van der Waals surface area (Å²) >= 11 is -2.19. The first-order chi connectivity index (χ1) is 9.24. The quantitative estimate of drug-likeness (QED) is 0.268.